The predicted molar refractivity (Wildman–Crippen MR) is 55.7 cm³/mol. The minimum atomic E-state index is -0.630. The van der Waals surface area contributed by atoms with E-state index in [1.165, 1.54) is 6.07 Å². The van der Waals surface area contributed by atoms with Gasteiger partial charge in [0, 0.05) is 12.1 Å². The molecular weight excluding hydrogens is 245 g/mol. The lowest BCUT2D eigenvalue weighted by atomic mass is 10.3. The number of benzene rings is 1. The van der Waals surface area contributed by atoms with Gasteiger partial charge < -0.3 is 9.84 Å². The molecule has 0 fully saturated rings. The van der Waals surface area contributed by atoms with Crippen molar-refractivity contribution < 1.29 is 14.8 Å². The molecule has 0 saturated carbocycles. The summed E-state index contributed by atoms with van der Waals surface area (Å²) in [5.41, 5.74) is -0.280. The van der Waals surface area contributed by atoms with E-state index in [4.69, 9.17) is 33.0 Å². The molecule has 0 atom stereocenters. The van der Waals surface area contributed by atoms with Crippen LogP contribution < -0.4 is 4.74 Å². The Morgan fingerprint density at radius 1 is 1.40 bits per heavy atom. The molecule has 0 unspecified atom stereocenters. The Balaban J connectivity index is 3.10. The van der Waals surface area contributed by atoms with E-state index in [0.717, 1.165) is 6.07 Å². The Hall–Kier alpha value is -1.04. The van der Waals surface area contributed by atoms with E-state index in [9.17, 15) is 10.1 Å². The summed E-state index contributed by atoms with van der Waals surface area (Å²) in [4.78, 5) is 9.98. The van der Waals surface area contributed by atoms with Gasteiger partial charge in [-0.05, 0) is 0 Å². The van der Waals surface area contributed by atoms with Gasteiger partial charge in [0.2, 0.25) is 0 Å². The van der Waals surface area contributed by atoms with Gasteiger partial charge in [-0.15, -0.1) is 0 Å². The van der Waals surface area contributed by atoms with Crippen LogP contribution >= 0.6 is 23.2 Å². The summed E-state index contributed by atoms with van der Waals surface area (Å²) in [7, 11) is 0. The third kappa shape index (κ3) is 2.95. The van der Waals surface area contributed by atoms with Gasteiger partial charge in [-0.25, -0.2) is 0 Å². The van der Waals surface area contributed by atoms with Crippen molar-refractivity contribution >= 4 is 28.9 Å². The first-order valence-corrected chi connectivity index (χ1v) is 4.69. The second-order valence-electron chi connectivity index (χ2n) is 2.56. The van der Waals surface area contributed by atoms with Crippen LogP contribution in [0.15, 0.2) is 12.1 Å². The van der Waals surface area contributed by atoms with Crippen LogP contribution in [0.5, 0.6) is 5.75 Å². The van der Waals surface area contributed by atoms with Crippen LogP contribution in [0, 0.1) is 10.1 Å². The Morgan fingerprint density at radius 2 is 2.00 bits per heavy atom. The van der Waals surface area contributed by atoms with Gasteiger partial charge in [0.25, 0.3) is 0 Å². The molecule has 0 saturated heterocycles. The molecule has 0 heterocycles. The predicted octanol–water partition coefficient (Wildman–Crippen LogP) is 2.27. The molecular formula is C8H7Cl2NO4. The highest BCUT2D eigenvalue weighted by Gasteiger charge is 2.18. The molecule has 0 spiro atoms. The smallest absolute Gasteiger partial charge is 0.312 e. The topological polar surface area (TPSA) is 72.6 Å². The molecule has 5 nitrogen and oxygen atoms in total. The number of nitrogens with zero attached hydrogens (tertiary/aromatic N) is 1. The second kappa shape index (κ2) is 5.16. The maximum Gasteiger partial charge on any atom is 0.312 e. The molecule has 0 aliphatic carbocycles. The normalized spacial score (nSPS) is 10.1. The summed E-state index contributed by atoms with van der Waals surface area (Å²) in [5, 5.41) is 19.4. The van der Waals surface area contributed by atoms with Crippen molar-refractivity contribution in [1.29, 1.82) is 0 Å². The highest BCUT2D eigenvalue weighted by Crippen LogP contribution is 2.35. The van der Waals surface area contributed by atoms with E-state index >= 15 is 0 Å². The molecule has 1 aromatic carbocycles. The van der Waals surface area contributed by atoms with Crippen LogP contribution in [0.25, 0.3) is 0 Å². The maximum absolute atomic E-state index is 10.6. The second-order valence-corrected chi connectivity index (χ2v) is 3.38. The fourth-order valence-electron chi connectivity index (χ4n) is 0.932. The molecule has 15 heavy (non-hydrogen) atoms. The number of hydrogen-bond acceptors (Lipinski definition) is 4. The zero-order valence-corrected chi connectivity index (χ0v) is 8.96. The van der Waals surface area contributed by atoms with Crippen LogP contribution in [-0.2, 0) is 0 Å². The van der Waals surface area contributed by atoms with Crippen LogP contribution in [-0.4, -0.2) is 23.2 Å². The minimum Gasteiger partial charge on any atom is -0.484 e. The molecule has 0 radical (unpaired) electrons. The first-order valence-electron chi connectivity index (χ1n) is 3.93. The lowest BCUT2D eigenvalue weighted by Crippen LogP contribution is -2.04. The van der Waals surface area contributed by atoms with Crippen molar-refractivity contribution in [3.8, 4) is 5.75 Å². The highest BCUT2D eigenvalue weighted by atomic mass is 35.5. The third-order valence-corrected chi connectivity index (χ3v) is 2.27. The summed E-state index contributed by atoms with van der Waals surface area (Å²) in [6.07, 6.45) is 0. The lowest BCUT2D eigenvalue weighted by Gasteiger charge is -2.06. The van der Waals surface area contributed by atoms with Gasteiger partial charge in [0.15, 0.2) is 5.75 Å². The van der Waals surface area contributed by atoms with E-state index in [1.807, 2.05) is 0 Å². The zero-order chi connectivity index (χ0) is 11.4. The van der Waals surface area contributed by atoms with E-state index in [0.29, 0.717) is 0 Å². The first kappa shape index (κ1) is 12.0. The monoisotopic (exact) mass is 251 g/mol. The molecule has 0 aliphatic heterocycles. The number of nitro benzene ring substituents is 1. The number of aliphatic hydroxyl groups is 1. The highest BCUT2D eigenvalue weighted by molar-refractivity contribution is 6.42. The Kier molecular flexibility index (Phi) is 4.14. The Labute approximate surface area is 95.3 Å². The van der Waals surface area contributed by atoms with Crippen LogP contribution in [0.2, 0.25) is 10.0 Å². The Morgan fingerprint density at radius 3 is 2.53 bits per heavy atom. The zero-order valence-electron chi connectivity index (χ0n) is 7.44. The van der Waals surface area contributed by atoms with Gasteiger partial charge in [0.05, 0.1) is 21.6 Å². The summed E-state index contributed by atoms with van der Waals surface area (Å²) in [6.45, 7) is -0.282. The molecule has 7 heteroatoms. The fourth-order valence-corrected chi connectivity index (χ4v) is 1.24. The first-order chi connectivity index (χ1) is 7.06. The van der Waals surface area contributed by atoms with Crippen molar-refractivity contribution in [3.63, 3.8) is 0 Å². The van der Waals surface area contributed by atoms with E-state index < -0.39 is 4.92 Å². The largest absolute Gasteiger partial charge is 0.484 e. The van der Waals surface area contributed by atoms with Crippen molar-refractivity contribution in [2.45, 2.75) is 0 Å². The number of halogens is 2. The van der Waals surface area contributed by atoms with Gasteiger partial charge in [-0.2, -0.15) is 0 Å². The van der Waals surface area contributed by atoms with Crippen LogP contribution in [0.1, 0.15) is 0 Å². The average Bonchev–Trinajstić information content (AvgIpc) is 2.19. The van der Waals surface area contributed by atoms with E-state index in [-0.39, 0.29) is 34.7 Å². The number of ether oxygens (including phenoxy) is 1. The minimum absolute atomic E-state index is 0.0107. The fraction of sp³-hybridized carbons (Fsp3) is 0.250. The third-order valence-electron chi connectivity index (χ3n) is 1.55. The summed E-state index contributed by atoms with van der Waals surface area (Å²) in [6, 6.07) is 2.36. The number of hydrogen-bond donors (Lipinski definition) is 1. The number of nitro groups is 1. The molecule has 0 aliphatic rings. The molecule has 82 valence electrons. The summed E-state index contributed by atoms with van der Waals surface area (Å²) < 4.78 is 4.95. The molecule has 1 aromatic rings. The van der Waals surface area contributed by atoms with E-state index in [2.05, 4.69) is 0 Å². The number of rotatable bonds is 4. The van der Waals surface area contributed by atoms with Crippen LogP contribution in [0.4, 0.5) is 5.69 Å². The molecule has 0 aromatic heterocycles. The average molecular weight is 252 g/mol. The van der Waals surface area contributed by atoms with Crippen molar-refractivity contribution in [2.24, 2.45) is 0 Å². The van der Waals surface area contributed by atoms with Gasteiger partial charge in [0.1, 0.15) is 6.61 Å². The van der Waals surface area contributed by atoms with Gasteiger partial charge in [-0.1, -0.05) is 23.2 Å². The molecule has 1 rings (SSSR count). The molecule has 0 amide bonds. The summed E-state index contributed by atoms with van der Waals surface area (Å²) >= 11 is 11.3. The van der Waals surface area contributed by atoms with Gasteiger partial charge >= 0.3 is 5.69 Å². The summed E-state index contributed by atoms with van der Waals surface area (Å²) in [5.74, 6) is -0.0107. The molecule has 0 bridgehead atoms. The van der Waals surface area contributed by atoms with E-state index in [1.54, 1.807) is 0 Å². The van der Waals surface area contributed by atoms with Gasteiger partial charge in [-0.3, -0.25) is 10.1 Å². The maximum atomic E-state index is 10.6. The van der Waals surface area contributed by atoms with Crippen molar-refractivity contribution in [1.82, 2.24) is 0 Å². The Bertz CT molecular complexity index is 383. The van der Waals surface area contributed by atoms with Crippen molar-refractivity contribution in [2.75, 3.05) is 13.2 Å². The quantitative estimate of drug-likeness (QED) is 0.658. The van der Waals surface area contributed by atoms with Crippen LogP contribution in [0.3, 0.4) is 0 Å². The SMILES string of the molecule is O=[N+]([O-])c1cc(Cl)c(Cl)cc1OCCO. The lowest BCUT2D eigenvalue weighted by molar-refractivity contribution is -0.385. The number of aliphatic hydroxyl groups excluding tert-OH is 1. The standard InChI is InChI=1S/C8H7Cl2NO4/c9-5-3-7(11(13)14)8(4-6(5)10)15-2-1-12/h3-4,12H,1-2H2. The van der Waals surface area contributed by atoms with Crippen molar-refractivity contribution in [3.05, 3.63) is 32.3 Å². The molecule has 1 N–H and O–H groups in total.